The van der Waals surface area contributed by atoms with Gasteiger partial charge in [0.25, 0.3) is 5.91 Å². The van der Waals surface area contributed by atoms with Gasteiger partial charge in [-0.15, -0.1) is 11.3 Å². The van der Waals surface area contributed by atoms with Crippen LogP contribution in [0.3, 0.4) is 0 Å². The summed E-state index contributed by atoms with van der Waals surface area (Å²) in [5.41, 5.74) is 2.65. The largest absolute Gasteiger partial charge is 0.493 e. The fourth-order valence-corrected chi connectivity index (χ4v) is 5.69. The number of thiophene rings is 1. The first-order chi connectivity index (χ1) is 17.1. The average Bonchev–Trinajstić information content (AvgIpc) is 3.48. The summed E-state index contributed by atoms with van der Waals surface area (Å²) >= 11 is 1.49. The Morgan fingerprint density at radius 1 is 1.09 bits per heavy atom. The molecule has 0 unspecified atom stereocenters. The van der Waals surface area contributed by atoms with E-state index in [9.17, 15) is 13.6 Å². The molecule has 1 saturated heterocycles. The van der Waals surface area contributed by atoms with Gasteiger partial charge in [0.1, 0.15) is 23.6 Å². The number of halogens is 2. The third-order valence-electron chi connectivity index (χ3n) is 6.22. The van der Waals surface area contributed by atoms with Crippen molar-refractivity contribution >= 4 is 17.2 Å². The minimum atomic E-state index is -0.718. The summed E-state index contributed by atoms with van der Waals surface area (Å²) in [6, 6.07) is 10.9. The van der Waals surface area contributed by atoms with E-state index in [0.717, 1.165) is 45.8 Å². The van der Waals surface area contributed by atoms with Crippen LogP contribution in [0.1, 0.15) is 15.9 Å². The summed E-state index contributed by atoms with van der Waals surface area (Å²) in [5.74, 6) is -0.184. The highest BCUT2D eigenvalue weighted by Gasteiger charge is 2.25. The highest BCUT2D eigenvalue weighted by atomic mass is 32.1. The van der Waals surface area contributed by atoms with Crippen LogP contribution in [-0.2, 0) is 6.42 Å². The second kappa shape index (κ2) is 8.86. The number of rotatable bonds is 3. The van der Waals surface area contributed by atoms with Crippen molar-refractivity contribution in [3.05, 3.63) is 71.6 Å². The van der Waals surface area contributed by atoms with Crippen molar-refractivity contribution in [1.29, 1.82) is 0 Å². The summed E-state index contributed by atoms with van der Waals surface area (Å²) in [6.07, 6.45) is 2.03. The highest BCUT2D eigenvalue weighted by Crippen LogP contribution is 2.44. The zero-order valence-electron chi connectivity index (χ0n) is 18.6. The van der Waals surface area contributed by atoms with Crippen LogP contribution >= 0.6 is 11.3 Å². The zero-order chi connectivity index (χ0) is 23.9. The number of ether oxygens (including phenoxy) is 1. The van der Waals surface area contributed by atoms with E-state index in [4.69, 9.17) is 4.74 Å². The van der Waals surface area contributed by atoms with Crippen molar-refractivity contribution in [2.75, 3.05) is 32.8 Å². The molecule has 0 atom stereocenters. The SMILES string of the molecule is O=C(c1ccc2c(c1)-c1sc(-c3ncnn3-c3ccc(F)cc3F)cc1CCO2)N1CCNCC1. The Bertz CT molecular complexity index is 1430. The number of nitrogens with zero attached hydrogens (tertiary/aromatic N) is 4. The number of hydrogen-bond donors (Lipinski definition) is 1. The number of carbonyl (C=O) groups excluding carboxylic acids is 1. The molecule has 2 aromatic carbocycles. The summed E-state index contributed by atoms with van der Waals surface area (Å²) in [5, 5.41) is 7.44. The van der Waals surface area contributed by atoms with E-state index in [0.29, 0.717) is 37.5 Å². The number of carbonyl (C=O) groups is 1. The third kappa shape index (κ3) is 3.98. The first kappa shape index (κ1) is 21.9. The van der Waals surface area contributed by atoms with Crippen molar-refractivity contribution in [2.45, 2.75) is 6.42 Å². The van der Waals surface area contributed by atoms with Crippen LogP contribution < -0.4 is 10.1 Å². The quantitative estimate of drug-likeness (QED) is 0.469. The molecule has 2 aromatic heterocycles. The number of aromatic nitrogens is 3. The Morgan fingerprint density at radius 2 is 1.94 bits per heavy atom. The number of fused-ring (bicyclic) bond motifs is 3. The molecule has 4 heterocycles. The first-order valence-corrected chi connectivity index (χ1v) is 12.2. The molecule has 0 bridgehead atoms. The number of benzene rings is 2. The van der Waals surface area contributed by atoms with Crippen molar-refractivity contribution in [1.82, 2.24) is 25.0 Å². The average molecular weight is 494 g/mol. The zero-order valence-corrected chi connectivity index (χ0v) is 19.4. The van der Waals surface area contributed by atoms with Gasteiger partial charge in [0, 0.05) is 54.7 Å². The summed E-state index contributed by atoms with van der Waals surface area (Å²) < 4.78 is 35.3. The lowest BCUT2D eigenvalue weighted by Gasteiger charge is -2.27. The molecule has 6 rings (SSSR count). The second-order valence-corrected chi connectivity index (χ2v) is 9.46. The maximum Gasteiger partial charge on any atom is 0.253 e. The van der Waals surface area contributed by atoms with Crippen molar-refractivity contribution in [2.24, 2.45) is 0 Å². The Hall–Kier alpha value is -3.63. The van der Waals surface area contributed by atoms with Gasteiger partial charge in [0.2, 0.25) is 0 Å². The lowest BCUT2D eigenvalue weighted by molar-refractivity contribution is 0.0736. The molecule has 1 amide bonds. The van der Waals surface area contributed by atoms with Gasteiger partial charge in [-0.05, 0) is 42.0 Å². The molecule has 1 N–H and O–H groups in total. The maximum atomic E-state index is 14.5. The second-order valence-electron chi connectivity index (χ2n) is 8.41. The standard InChI is InChI=1S/C25H21F2N5O2S/c26-17-2-3-20(19(27)13-17)32-24(29-14-30-32)22-12-15-5-10-34-21-4-1-16(11-18(21)23(15)35-22)25(33)31-8-6-28-7-9-31/h1-4,11-14,28H,5-10H2. The van der Waals surface area contributed by atoms with Crippen molar-refractivity contribution < 1.29 is 18.3 Å². The topological polar surface area (TPSA) is 72.3 Å². The maximum absolute atomic E-state index is 14.5. The number of amides is 1. The highest BCUT2D eigenvalue weighted by molar-refractivity contribution is 7.19. The summed E-state index contributed by atoms with van der Waals surface area (Å²) in [4.78, 5) is 21.1. The monoisotopic (exact) mass is 493 g/mol. The van der Waals surface area contributed by atoms with Gasteiger partial charge in [0.05, 0.1) is 11.5 Å². The predicted molar refractivity (Wildman–Crippen MR) is 128 cm³/mol. The van der Waals surface area contributed by atoms with E-state index in [2.05, 4.69) is 15.4 Å². The van der Waals surface area contributed by atoms with E-state index in [1.165, 1.54) is 34.5 Å². The Labute approximate surface area is 204 Å². The van der Waals surface area contributed by atoms with Crippen LogP contribution in [0, 0.1) is 11.6 Å². The lowest BCUT2D eigenvalue weighted by atomic mass is 10.0. The van der Waals surface area contributed by atoms with Gasteiger partial charge >= 0.3 is 0 Å². The van der Waals surface area contributed by atoms with E-state index in [-0.39, 0.29) is 11.6 Å². The van der Waals surface area contributed by atoms with Crippen molar-refractivity contribution in [3.8, 4) is 32.6 Å². The minimum Gasteiger partial charge on any atom is -0.493 e. The Balaban J connectivity index is 1.40. The molecular formula is C25H21F2N5O2S. The third-order valence-corrected chi connectivity index (χ3v) is 7.43. The molecule has 35 heavy (non-hydrogen) atoms. The van der Waals surface area contributed by atoms with Gasteiger partial charge in [0.15, 0.2) is 11.6 Å². The van der Waals surface area contributed by atoms with E-state index in [1.54, 1.807) is 0 Å². The van der Waals surface area contributed by atoms with Gasteiger partial charge in [-0.3, -0.25) is 4.79 Å². The molecule has 4 aromatic rings. The number of nitrogens with one attached hydrogen (secondary N) is 1. The van der Waals surface area contributed by atoms with E-state index >= 15 is 0 Å². The van der Waals surface area contributed by atoms with Gasteiger partial charge in [-0.1, -0.05) is 0 Å². The van der Waals surface area contributed by atoms with Crippen LogP contribution in [0.25, 0.3) is 26.8 Å². The fourth-order valence-electron chi connectivity index (χ4n) is 4.48. The van der Waals surface area contributed by atoms with Gasteiger partial charge in [-0.25, -0.2) is 18.4 Å². The molecule has 0 radical (unpaired) electrons. The van der Waals surface area contributed by atoms with Crippen LogP contribution in [-0.4, -0.2) is 58.4 Å². The summed E-state index contributed by atoms with van der Waals surface area (Å²) in [6.45, 7) is 3.43. The normalized spacial score (nSPS) is 15.2. The van der Waals surface area contributed by atoms with Crippen LogP contribution in [0.5, 0.6) is 5.75 Å². The van der Waals surface area contributed by atoms with E-state index in [1.807, 2.05) is 29.2 Å². The fraction of sp³-hybridized carbons (Fsp3) is 0.240. The smallest absolute Gasteiger partial charge is 0.253 e. The Kier molecular flexibility index (Phi) is 5.54. The molecule has 7 nitrogen and oxygen atoms in total. The van der Waals surface area contributed by atoms with E-state index < -0.39 is 11.6 Å². The van der Waals surface area contributed by atoms with Gasteiger partial charge in [-0.2, -0.15) is 5.10 Å². The molecule has 0 aliphatic carbocycles. The van der Waals surface area contributed by atoms with Gasteiger partial charge < -0.3 is 15.0 Å². The molecule has 178 valence electrons. The molecule has 2 aliphatic heterocycles. The molecule has 2 aliphatic rings. The Morgan fingerprint density at radius 3 is 2.77 bits per heavy atom. The molecule has 0 spiro atoms. The van der Waals surface area contributed by atoms with Crippen LogP contribution in [0.15, 0.2) is 48.8 Å². The molecule has 10 heteroatoms. The lowest BCUT2D eigenvalue weighted by Crippen LogP contribution is -2.46. The molecule has 0 saturated carbocycles. The number of hydrogen-bond acceptors (Lipinski definition) is 6. The molecular weight excluding hydrogens is 472 g/mol. The summed E-state index contributed by atoms with van der Waals surface area (Å²) in [7, 11) is 0. The minimum absolute atomic E-state index is 0.00315. The van der Waals surface area contributed by atoms with Crippen molar-refractivity contribution in [3.63, 3.8) is 0 Å². The van der Waals surface area contributed by atoms with Crippen LogP contribution in [0.4, 0.5) is 8.78 Å². The number of piperazine rings is 1. The molecule has 1 fully saturated rings. The first-order valence-electron chi connectivity index (χ1n) is 11.3. The predicted octanol–water partition coefficient (Wildman–Crippen LogP) is 3.92. The van der Waals surface area contributed by atoms with Crippen LogP contribution in [0.2, 0.25) is 0 Å².